The molecule has 0 aliphatic carbocycles. The third-order valence-corrected chi connectivity index (χ3v) is 4.43. The maximum Gasteiger partial charge on any atom is 0.446 e. The van der Waals surface area contributed by atoms with Crippen LogP contribution in [0.2, 0.25) is 0 Å². The van der Waals surface area contributed by atoms with Crippen LogP contribution in [0.4, 0.5) is 13.2 Å². The summed E-state index contributed by atoms with van der Waals surface area (Å²) in [6, 6.07) is 12.5. The molecule has 0 radical (unpaired) electrons. The normalized spacial score (nSPS) is 12.6. The van der Waals surface area contributed by atoms with Crippen molar-refractivity contribution in [2.45, 2.75) is 30.4 Å². The van der Waals surface area contributed by atoms with Crippen molar-refractivity contribution in [1.29, 1.82) is 0 Å². The Kier molecular flexibility index (Phi) is 5.73. The fraction of sp³-hybridized carbons (Fsp3) is 0.211. The molecule has 0 fully saturated rings. The molecule has 0 aliphatic heterocycles. The summed E-state index contributed by atoms with van der Waals surface area (Å²) in [4.78, 5) is 12.2. The SMILES string of the molecule is Cc1ccc(-c2nnc([C@H](C)OC(=O)c3ccc(SC(F)(F)F)cc3)o2)cc1. The van der Waals surface area contributed by atoms with Crippen LogP contribution in [-0.2, 0) is 4.74 Å². The number of esters is 1. The number of benzene rings is 2. The van der Waals surface area contributed by atoms with Crippen LogP contribution in [0.1, 0.15) is 34.8 Å². The molecular formula is C19H15F3N2O3S. The van der Waals surface area contributed by atoms with E-state index in [-0.39, 0.29) is 28.1 Å². The van der Waals surface area contributed by atoms with Gasteiger partial charge in [0, 0.05) is 10.5 Å². The van der Waals surface area contributed by atoms with Gasteiger partial charge in [0.15, 0.2) is 6.10 Å². The molecule has 0 saturated carbocycles. The van der Waals surface area contributed by atoms with Gasteiger partial charge in [-0.2, -0.15) is 13.2 Å². The molecule has 0 aliphatic rings. The number of alkyl halides is 3. The number of thioether (sulfide) groups is 1. The van der Waals surface area contributed by atoms with Gasteiger partial charge < -0.3 is 9.15 Å². The Morgan fingerprint density at radius 3 is 2.32 bits per heavy atom. The maximum atomic E-state index is 12.4. The topological polar surface area (TPSA) is 65.2 Å². The summed E-state index contributed by atoms with van der Waals surface area (Å²) in [6.07, 6.45) is -0.816. The minimum atomic E-state index is -4.39. The minimum absolute atomic E-state index is 0.0169. The first-order valence-electron chi connectivity index (χ1n) is 8.18. The second-order valence-electron chi connectivity index (χ2n) is 5.93. The van der Waals surface area contributed by atoms with E-state index in [1.165, 1.54) is 24.3 Å². The average molecular weight is 408 g/mol. The van der Waals surface area contributed by atoms with Gasteiger partial charge in [0.05, 0.1) is 5.56 Å². The molecule has 28 heavy (non-hydrogen) atoms. The number of carbonyl (C=O) groups excluding carboxylic acids is 1. The predicted molar refractivity (Wildman–Crippen MR) is 96.7 cm³/mol. The zero-order chi connectivity index (χ0) is 20.3. The van der Waals surface area contributed by atoms with Crippen LogP contribution in [0.15, 0.2) is 57.8 Å². The Morgan fingerprint density at radius 2 is 1.71 bits per heavy atom. The maximum absolute atomic E-state index is 12.4. The van der Waals surface area contributed by atoms with E-state index in [0.29, 0.717) is 5.89 Å². The number of aryl methyl sites for hydroxylation is 1. The standard InChI is InChI=1S/C19H15F3N2O3S/c1-11-3-5-13(6-4-11)17-24-23-16(27-17)12(2)26-18(25)14-7-9-15(10-8-14)28-19(20,21)22/h3-10,12H,1-2H3/t12-/m0/s1. The summed E-state index contributed by atoms with van der Waals surface area (Å²) in [5, 5.41) is 7.84. The molecular weight excluding hydrogens is 393 g/mol. The summed E-state index contributed by atoms with van der Waals surface area (Å²) < 4.78 is 47.9. The quantitative estimate of drug-likeness (QED) is 0.406. The molecule has 0 amide bonds. The van der Waals surface area contributed by atoms with Crippen molar-refractivity contribution in [1.82, 2.24) is 10.2 Å². The third kappa shape index (κ3) is 5.13. The first-order chi connectivity index (χ1) is 13.2. The van der Waals surface area contributed by atoms with Crippen molar-refractivity contribution in [3.05, 3.63) is 65.5 Å². The van der Waals surface area contributed by atoms with Gasteiger partial charge in [-0.3, -0.25) is 0 Å². The van der Waals surface area contributed by atoms with Gasteiger partial charge in [0.2, 0.25) is 5.89 Å². The molecule has 3 aromatic rings. The van der Waals surface area contributed by atoms with Crippen molar-refractivity contribution < 1.29 is 27.1 Å². The molecule has 1 heterocycles. The van der Waals surface area contributed by atoms with Crippen molar-refractivity contribution in [3.8, 4) is 11.5 Å². The number of carbonyl (C=O) groups is 1. The van der Waals surface area contributed by atoms with Gasteiger partial charge >= 0.3 is 11.5 Å². The van der Waals surface area contributed by atoms with Gasteiger partial charge in [-0.15, -0.1) is 10.2 Å². The lowest BCUT2D eigenvalue weighted by molar-refractivity contribution is -0.0328. The van der Waals surface area contributed by atoms with Crippen LogP contribution >= 0.6 is 11.8 Å². The van der Waals surface area contributed by atoms with E-state index in [2.05, 4.69) is 10.2 Å². The molecule has 2 aromatic carbocycles. The molecule has 0 bridgehead atoms. The lowest BCUT2D eigenvalue weighted by Gasteiger charge is -2.10. The van der Waals surface area contributed by atoms with E-state index in [1.807, 2.05) is 31.2 Å². The van der Waals surface area contributed by atoms with Crippen LogP contribution in [0.5, 0.6) is 0 Å². The van der Waals surface area contributed by atoms with Gasteiger partial charge in [0.25, 0.3) is 5.89 Å². The highest BCUT2D eigenvalue weighted by Crippen LogP contribution is 2.36. The highest BCUT2D eigenvalue weighted by atomic mass is 32.2. The summed E-state index contributed by atoms with van der Waals surface area (Å²) in [7, 11) is 0. The molecule has 0 saturated heterocycles. The monoisotopic (exact) mass is 408 g/mol. The smallest absolute Gasteiger partial charge is 0.446 e. The average Bonchev–Trinajstić information content (AvgIpc) is 3.12. The highest BCUT2D eigenvalue weighted by Gasteiger charge is 2.29. The number of rotatable bonds is 5. The van der Waals surface area contributed by atoms with Crippen LogP contribution in [0.3, 0.4) is 0 Å². The number of ether oxygens (including phenoxy) is 1. The summed E-state index contributed by atoms with van der Waals surface area (Å²) in [5.41, 5.74) is -2.44. The Labute approximate surface area is 162 Å². The van der Waals surface area contributed by atoms with Crippen LogP contribution in [-0.4, -0.2) is 21.7 Å². The van der Waals surface area contributed by atoms with Crippen LogP contribution < -0.4 is 0 Å². The lowest BCUT2D eigenvalue weighted by Crippen LogP contribution is -2.09. The van der Waals surface area contributed by atoms with Gasteiger partial charge in [0.1, 0.15) is 0 Å². The fourth-order valence-electron chi connectivity index (χ4n) is 2.28. The second-order valence-corrected chi connectivity index (χ2v) is 7.07. The second kappa shape index (κ2) is 8.05. The Hall–Kier alpha value is -2.81. The van der Waals surface area contributed by atoms with Crippen molar-refractivity contribution in [3.63, 3.8) is 0 Å². The molecule has 146 valence electrons. The van der Waals surface area contributed by atoms with E-state index in [0.717, 1.165) is 11.1 Å². The van der Waals surface area contributed by atoms with E-state index in [9.17, 15) is 18.0 Å². The number of aromatic nitrogens is 2. The van der Waals surface area contributed by atoms with Crippen molar-refractivity contribution in [2.75, 3.05) is 0 Å². The van der Waals surface area contributed by atoms with Crippen LogP contribution in [0.25, 0.3) is 11.5 Å². The molecule has 3 rings (SSSR count). The first kappa shape index (κ1) is 19.9. The lowest BCUT2D eigenvalue weighted by atomic mass is 10.1. The molecule has 9 heteroatoms. The number of nitrogens with zero attached hydrogens (tertiary/aromatic N) is 2. The molecule has 1 atom stereocenters. The molecule has 5 nitrogen and oxygen atoms in total. The van der Waals surface area contributed by atoms with Gasteiger partial charge in [-0.05, 0) is 62.0 Å². The van der Waals surface area contributed by atoms with Crippen LogP contribution in [0, 0.1) is 6.92 Å². The van der Waals surface area contributed by atoms with Gasteiger partial charge in [-0.25, -0.2) is 4.79 Å². The Morgan fingerprint density at radius 1 is 1.07 bits per heavy atom. The molecule has 0 N–H and O–H groups in total. The van der Waals surface area contributed by atoms with E-state index >= 15 is 0 Å². The number of halogens is 3. The Bertz CT molecular complexity index is 954. The summed E-state index contributed by atoms with van der Waals surface area (Å²) in [5.74, 6) is -0.286. The minimum Gasteiger partial charge on any atom is -0.449 e. The predicted octanol–water partition coefficient (Wildman–Crippen LogP) is 5.57. The summed E-state index contributed by atoms with van der Waals surface area (Å²) in [6.45, 7) is 3.52. The number of hydrogen-bond acceptors (Lipinski definition) is 6. The highest BCUT2D eigenvalue weighted by molar-refractivity contribution is 8.00. The molecule has 1 aromatic heterocycles. The zero-order valence-corrected chi connectivity index (χ0v) is 15.7. The van der Waals surface area contributed by atoms with E-state index < -0.39 is 17.6 Å². The first-order valence-corrected chi connectivity index (χ1v) is 9.00. The van der Waals surface area contributed by atoms with Crippen molar-refractivity contribution in [2.24, 2.45) is 0 Å². The van der Waals surface area contributed by atoms with Crippen molar-refractivity contribution >= 4 is 17.7 Å². The Balaban J connectivity index is 1.65. The molecule has 0 unspecified atom stereocenters. The summed E-state index contributed by atoms with van der Waals surface area (Å²) >= 11 is -0.252. The number of hydrogen-bond donors (Lipinski definition) is 0. The van der Waals surface area contributed by atoms with E-state index in [4.69, 9.17) is 9.15 Å². The fourth-order valence-corrected chi connectivity index (χ4v) is 2.82. The van der Waals surface area contributed by atoms with E-state index in [1.54, 1.807) is 6.92 Å². The molecule has 0 spiro atoms. The van der Waals surface area contributed by atoms with Gasteiger partial charge in [-0.1, -0.05) is 17.7 Å². The zero-order valence-electron chi connectivity index (χ0n) is 14.9. The third-order valence-electron chi connectivity index (χ3n) is 3.69. The largest absolute Gasteiger partial charge is 0.449 e.